The SMILES string of the molecule is C[NH+]1CCN(Nc2oc(-c3ccc(F)cc3)nc2C#N)CC1. The van der Waals surface area contributed by atoms with Crippen molar-refractivity contribution in [2.75, 3.05) is 38.7 Å². The average molecular weight is 302 g/mol. The summed E-state index contributed by atoms with van der Waals surface area (Å²) in [5.74, 6) is 0.314. The van der Waals surface area contributed by atoms with Gasteiger partial charge in [0, 0.05) is 5.56 Å². The van der Waals surface area contributed by atoms with Crippen LogP contribution in [0.3, 0.4) is 0 Å². The van der Waals surface area contributed by atoms with Gasteiger partial charge >= 0.3 is 0 Å². The van der Waals surface area contributed by atoms with Gasteiger partial charge in [-0.2, -0.15) is 10.2 Å². The fraction of sp³-hybridized carbons (Fsp3) is 0.333. The third-order valence-electron chi connectivity index (χ3n) is 3.70. The Bertz CT molecular complexity index is 683. The van der Waals surface area contributed by atoms with E-state index in [1.165, 1.54) is 17.0 Å². The Kier molecular flexibility index (Phi) is 4.04. The van der Waals surface area contributed by atoms with Gasteiger partial charge in [-0.3, -0.25) is 5.43 Å². The van der Waals surface area contributed by atoms with Crippen LogP contribution in [-0.2, 0) is 0 Å². The van der Waals surface area contributed by atoms with Crippen LogP contribution in [0.25, 0.3) is 11.5 Å². The van der Waals surface area contributed by atoms with E-state index in [1.807, 2.05) is 11.1 Å². The minimum absolute atomic E-state index is 0.200. The van der Waals surface area contributed by atoms with Gasteiger partial charge < -0.3 is 9.32 Å². The van der Waals surface area contributed by atoms with Crippen LogP contribution in [-0.4, -0.2) is 43.2 Å². The number of rotatable bonds is 3. The molecule has 1 aromatic carbocycles. The van der Waals surface area contributed by atoms with E-state index in [0.29, 0.717) is 17.3 Å². The second-order valence-electron chi connectivity index (χ2n) is 5.37. The molecule has 0 unspecified atom stereocenters. The lowest BCUT2D eigenvalue weighted by Crippen LogP contribution is -3.12. The predicted octanol–water partition coefficient (Wildman–Crippen LogP) is 0.510. The zero-order valence-electron chi connectivity index (χ0n) is 12.3. The number of hydrogen-bond donors (Lipinski definition) is 2. The van der Waals surface area contributed by atoms with Crippen LogP contribution in [0.4, 0.5) is 10.3 Å². The standard InChI is InChI=1S/C15H16FN5O/c1-20-6-8-21(9-7-20)19-15-13(10-17)18-14(22-15)11-2-4-12(16)5-3-11/h2-5,19H,6-9H2,1H3/p+1. The van der Waals surface area contributed by atoms with Crippen LogP contribution in [0.2, 0.25) is 0 Å². The van der Waals surface area contributed by atoms with Crippen molar-refractivity contribution in [1.29, 1.82) is 5.26 Å². The number of nitrogens with zero attached hydrogens (tertiary/aromatic N) is 3. The number of hydrazine groups is 1. The summed E-state index contributed by atoms with van der Waals surface area (Å²) in [6.45, 7) is 3.77. The molecule has 2 heterocycles. The monoisotopic (exact) mass is 302 g/mol. The van der Waals surface area contributed by atoms with E-state index in [9.17, 15) is 9.65 Å². The van der Waals surface area contributed by atoms with Gasteiger partial charge in [0.05, 0.1) is 33.2 Å². The van der Waals surface area contributed by atoms with Gasteiger partial charge in [-0.25, -0.2) is 9.40 Å². The molecule has 114 valence electrons. The Hall–Kier alpha value is -2.43. The first kappa shape index (κ1) is 14.5. The molecule has 0 atom stereocenters. The normalized spacial score (nSPS) is 16.4. The van der Waals surface area contributed by atoms with Gasteiger partial charge in [0.25, 0.3) is 0 Å². The van der Waals surface area contributed by atoms with Crippen molar-refractivity contribution in [1.82, 2.24) is 9.99 Å². The highest BCUT2D eigenvalue weighted by Crippen LogP contribution is 2.25. The summed E-state index contributed by atoms with van der Waals surface area (Å²) in [5.41, 5.74) is 3.95. The summed E-state index contributed by atoms with van der Waals surface area (Å²) in [5, 5.41) is 11.2. The summed E-state index contributed by atoms with van der Waals surface area (Å²) in [4.78, 5) is 5.64. The first-order valence-corrected chi connectivity index (χ1v) is 7.15. The lowest BCUT2D eigenvalue weighted by molar-refractivity contribution is -0.884. The predicted molar refractivity (Wildman–Crippen MR) is 78.4 cm³/mol. The van der Waals surface area contributed by atoms with Crippen LogP contribution in [0.5, 0.6) is 0 Å². The highest BCUT2D eigenvalue weighted by molar-refractivity contribution is 5.58. The smallest absolute Gasteiger partial charge is 0.246 e. The summed E-state index contributed by atoms with van der Waals surface area (Å²) in [7, 11) is 2.15. The Morgan fingerprint density at radius 3 is 2.64 bits per heavy atom. The largest absolute Gasteiger partial charge is 0.418 e. The van der Waals surface area contributed by atoms with E-state index >= 15 is 0 Å². The average Bonchev–Trinajstić information content (AvgIpc) is 2.93. The van der Waals surface area contributed by atoms with E-state index in [-0.39, 0.29) is 11.5 Å². The minimum atomic E-state index is -0.325. The first-order valence-electron chi connectivity index (χ1n) is 7.15. The number of quaternary nitrogens is 1. The van der Waals surface area contributed by atoms with Crippen LogP contribution in [0, 0.1) is 17.1 Å². The Labute approximate surface area is 127 Å². The number of hydrogen-bond acceptors (Lipinski definition) is 5. The third kappa shape index (κ3) is 3.08. The van der Waals surface area contributed by atoms with Gasteiger partial charge in [0.15, 0.2) is 0 Å². The molecular weight excluding hydrogens is 285 g/mol. The van der Waals surface area contributed by atoms with E-state index in [2.05, 4.69) is 17.5 Å². The fourth-order valence-electron chi connectivity index (χ4n) is 2.33. The molecule has 0 spiro atoms. The number of piperazine rings is 1. The number of nitrogens with one attached hydrogen (secondary N) is 2. The topological polar surface area (TPSA) is 69.5 Å². The van der Waals surface area contributed by atoms with Gasteiger partial charge in [-0.1, -0.05) is 0 Å². The maximum absolute atomic E-state index is 13.0. The number of oxazole rings is 1. The highest BCUT2D eigenvalue weighted by Gasteiger charge is 2.21. The number of anilines is 1. The Morgan fingerprint density at radius 2 is 2.00 bits per heavy atom. The number of halogens is 1. The third-order valence-corrected chi connectivity index (χ3v) is 3.70. The van der Waals surface area contributed by atoms with Gasteiger partial charge in [-0.15, -0.1) is 0 Å². The van der Waals surface area contributed by atoms with Crippen molar-refractivity contribution in [3.63, 3.8) is 0 Å². The van der Waals surface area contributed by atoms with Crippen molar-refractivity contribution in [3.8, 4) is 17.5 Å². The molecule has 1 aromatic heterocycles. The van der Waals surface area contributed by atoms with Crippen LogP contribution >= 0.6 is 0 Å². The summed E-state index contributed by atoms with van der Waals surface area (Å²) in [6, 6.07) is 7.84. The second kappa shape index (κ2) is 6.13. The molecule has 0 amide bonds. The van der Waals surface area contributed by atoms with E-state index in [0.717, 1.165) is 26.2 Å². The summed E-state index contributed by atoms with van der Waals surface area (Å²) < 4.78 is 18.6. The van der Waals surface area contributed by atoms with E-state index in [1.54, 1.807) is 12.1 Å². The van der Waals surface area contributed by atoms with Crippen molar-refractivity contribution in [2.45, 2.75) is 0 Å². The second-order valence-corrected chi connectivity index (χ2v) is 5.37. The van der Waals surface area contributed by atoms with E-state index in [4.69, 9.17) is 4.42 Å². The molecule has 6 nitrogen and oxygen atoms in total. The number of likely N-dealkylation sites (N-methyl/N-ethyl adjacent to an activating group) is 1. The van der Waals surface area contributed by atoms with Crippen LogP contribution < -0.4 is 10.3 Å². The number of nitriles is 1. The molecule has 1 saturated heterocycles. The maximum atomic E-state index is 13.0. The zero-order valence-corrected chi connectivity index (χ0v) is 12.3. The first-order chi connectivity index (χ1) is 10.7. The number of aromatic nitrogens is 1. The minimum Gasteiger partial charge on any atom is -0.418 e. The van der Waals surface area contributed by atoms with Crippen molar-refractivity contribution in [2.24, 2.45) is 0 Å². The quantitative estimate of drug-likeness (QED) is 0.864. The Morgan fingerprint density at radius 1 is 1.32 bits per heavy atom. The molecule has 0 bridgehead atoms. The van der Waals surface area contributed by atoms with Gasteiger partial charge in [-0.05, 0) is 24.3 Å². The number of benzene rings is 1. The summed E-state index contributed by atoms with van der Waals surface area (Å²) in [6.07, 6.45) is 0. The summed E-state index contributed by atoms with van der Waals surface area (Å²) >= 11 is 0. The molecule has 2 N–H and O–H groups in total. The molecule has 0 saturated carbocycles. The van der Waals surface area contributed by atoms with Crippen LogP contribution in [0.1, 0.15) is 5.69 Å². The molecule has 0 aliphatic carbocycles. The maximum Gasteiger partial charge on any atom is 0.246 e. The lowest BCUT2D eigenvalue weighted by Gasteiger charge is -2.29. The molecule has 7 heteroatoms. The zero-order chi connectivity index (χ0) is 15.5. The van der Waals surface area contributed by atoms with Crippen LogP contribution in [0.15, 0.2) is 28.7 Å². The van der Waals surface area contributed by atoms with Gasteiger partial charge in [0.1, 0.15) is 11.9 Å². The highest BCUT2D eigenvalue weighted by atomic mass is 19.1. The van der Waals surface area contributed by atoms with Crippen molar-refractivity contribution in [3.05, 3.63) is 35.8 Å². The van der Waals surface area contributed by atoms with Crippen molar-refractivity contribution < 1.29 is 13.7 Å². The molecule has 2 aromatic rings. The fourth-order valence-corrected chi connectivity index (χ4v) is 2.33. The molecular formula is C15H17FN5O+. The van der Waals surface area contributed by atoms with Crippen molar-refractivity contribution >= 4 is 5.88 Å². The Balaban J connectivity index is 1.80. The van der Waals surface area contributed by atoms with Gasteiger partial charge in [0.2, 0.25) is 17.5 Å². The van der Waals surface area contributed by atoms with E-state index < -0.39 is 0 Å². The molecule has 1 aliphatic rings. The molecule has 22 heavy (non-hydrogen) atoms. The molecule has 1 aliphatic heterocycles. The molecule has 3 rings (SSSR count). The molecule has 1 fully saturated rings. The lowest BCUT2D eigenvalue weighted by atomic mass is 10.2. The molecule has 0 radical (unpaired) electrons.